The highest BCUT2D eigenvalue weighted by Gasteiger charge is 2.37. The van der Waals surface area contributed by atoms with Gasteiger partial charge in [-0.25, -0.2) is 0 Å². The maximum Gasteiger partial charge on any atom is 0.119 e. The van der Waals surface area contributed by atoms with Crippen LogP contribution in [0.5, 0.6) is 5.75 Å². The zero-order valence-corrected chi connectivity index (χ0v) is 11.4. The molecule has 2 nitrogen and oxygen atoms in total. The topological polar surface area (TPSA) is 12.5 Å². The molecule has 1 saturated heterocycles. The van der Waals surface area contributed by atoms with Crippen LogP contribution < -0.4 is 4.74 Å². The molecule has 0 saturated carbocycles. The molecule has 0 spiro atoms. The number of likely N-dealkylation sites (tertiary alicyclic amines) is 1. The summed E-state index contributed by atoms with van der Waals surface area (Å²) >= 11 is 0. The van der Waals surface area contributed by atoms with Crippen LogP contribution in [-0.4, -0.2) is 32.1 Å². The van der Waals surface area contributed by atoms with E-state index in [0.29, 0.717) is 5.92 Å². The van der Waals surface area contributed by atoms with E-state index < -0.39 is 0 Å². The summed E-state index contributed by atoms with van der Waals surface area (Å²) in [5, 5.41) is 0. The van der Waals surface area contributed by atoms with Gasteiger partial charge in [-0.2, -0.15) is 0 Å². The Morgan fingerprint density at radius 2 is 2.18 bits per heavy atom. The van der Waals surface area contributed by atoms with E-state index in [4.69, 9.17) is 4.74 Å². The molecule has 1 aliphatic heterocycles. The standard InChI is InChI=1S/C15H23NO/c1-12-11-16(3)9-8-15(12,2)13-6-5-7-14(10-13)17-4/h5-7,10,12H,8-9,11H2,1-4H3/t12-,15-/m0/s1. The molecule has 94 valence electrons. The number of hydrogen-bond donors (Lipinski definition) is 0. The zero-order valence-electron chi connectivity index (χ0n) is 11.4. The van der Waals surface area contributed by atoms with Gasteiger partial charge in [-0.15, -0.1) is 0 Å². The first kappa shape index (κ1) is 12.4. The molecule has 1 aromatic carbocycles. The number of rotatable bonds is 2. The smallest absolute Gasteiger partial charge is 0.119 e. The minimum absolute atomic E-state index is 0.279. The van der Waals surface area contributed by atoms with Crippen molar-refractivity contribution in [1.82, 2.24) is 4.90 Å². The number of hydrogen-bond acceptors (Lipinski definition) is 2. The molecule has 1 fully saturated rings. The first-order chi connectivity index (χ1) is 8.06. The predicted molar refractivity (Wildman–Crippen MR) is 71.6 cm³/mol. The molecule has 1 heterocycles. The minimum Gasteiger partial charge on any atom is -0.497 e. The predicted octanol–water partition coefficient (Wildman–Crippen LogP) is 2.92. The Balaban J connectivity index is 2.30. The van der Waals surface area contributed by atoms with Gasteiger partial charge in [-0.05, 0) is 49.0 Å². The second-order valence-corrected chi connectivity index (χ2v) is 5.56. The lowest BCUT2D eigenvalue weighted by molar-refractivity contribution is 0.133. The summed E-state index contributed by atoms with van der Waals surface area (Å²) in [4.78, 5) is 2.42. The molecule has 0 bridgehead atoms. The van der Waals surface area contributed by atoms with E-state index in [1.165, 1.54) is 25.1 Å². The Bertz CT molecular complexity index is 390. The summed E-state index contributed by atoms with van der Waals surface area (Å²) in [6.45, 7) is 7.10. The fraction of sp³-hybridized carbons (Fsp3) is 0.600. The molecule has 2 atom stereocenters. The van der Waals surface area contributed by atoms with Gasteiger partial charge in [-0.1, -0.05) is 26.0 Å². The van der Waals surface area contributed by atoms with Crippen molar-refractivity contribution in [1.29, 1.82) is 0 Å². The van der Waals surface area contributed by atoms with Crippen molar-refractivity contribution in [2.45, 2.75) is 25.7 Å². The summed E-state index contributed by atoms with van der Waals surface area (Å²) in [6.07, 6.45) is 1.22. The number of piperidine rings is 1. The van der Waals surface area contributed by atoms with Gasteiger partial charge in [0.15, 0.2) is 0 Å². The average Bonchev–Trinajstić information content (AvgIpc) is 2.34. The normalized spacial score (nSPS) is 30.2. The van der Waals surface area contributed by atoms with E-state index in [2.05, 4.69) is 44.0 Å². The number of ether oxygens (including phenoxy) is 1. The molecule has 17 heavy (non-hydrogen) atoms. The van der Waals surface area contributed by atoms with E-state index in [-0.39, 0.29) is 5.41 Å². The molecule has 0 radical (unpaired) electrons. The lowest BCUT2D eigenvalue weighted by atomic mass is 9.68. The third kappa shape index (κ3) is 2.32. The highest BCUT2D eigenvalue weighted by atomic mass is 16.5. The lowest BCUT2D eigenvalue weighted by Gasteiger charge is -2.44. The molecule has 0 amide bonds. The monoisotopic (exact) mass is 233 g/mol. The van der Waals surface area contributed by atoms with Crippen molar-refractivity contribution in [2.75, 3.05) is 27.2 Å². The van der Waals surface area contributed by atoms with Crippen LogP contribution in [0.25, 0.3) is 0 Å². The van der Waals surface area contributed by atoms with E-state index in [0.717, 1.165) is 5.75 Å². The zero-order chi connectivity index (χ0) is 12.5. The van der Waals surface area contributed by atoms with Gasteiger partial charge < -0.3 is 9.64 Å². The summed E-state index contributed by atoms with van der Waals surface area (Å²) in [6, 6.07) is 8.56. The van der Waals surface area contributed by atoms with Crippen LogP contribution >= 0.6 is 0 Å². The highest BCUT2D eigenvalue weighted by Crippen LogP contribution is 2.39. The van der Waals surface area contributed by atoms with Gasteiger partial charge in [0.1, 0.15) is 5.75 Å². The third-order valence-electron chi connectivity index (χ3n) is 4.42. The van der Waals surface area contributed by atoms with Gasteiger partial charge in [0.2, 0.25) is 0 Å². The summed E-state index contributed by atoms with van der Waals surface area (Å²) in [5.41, 5.74) is 1.69. The van der Waals surface area contributed by atoms with Crippen LogP contribution in [0.4, 0.5) is 0 Å². The fourth-order valence-corrected chi connectivity index (χ4v) is 2.84. The van der Waals surface area contributed by atoms with E-state index in [9.17, 15) is 0 Å². The Labute approximate surface area is 105 Å². The van der Waals surface area contributed by atoms with Crippen LogP contribution in [0.1, 0.15) is 25.8 Å². The Kier molecular flexibility index (Phi) is 3.43. The van der Waals surface area contributed by atoms with Crippen LogP contribution in [0.2, 0.25) is 0 Å². The Morgan fingerprint density at radius 3 is 2.82 bits per heavy atom. The fourth-order valence-electron chi connectivity index (χ4n) is 2.84. The Morgan fingerprint density at radius 1 is 1.41 bits per heavy atom. The van der Waals surface area contributed by atoms with E-state index in [1.54, 1.807) is 7.11 Å². The van der Waals surface area contributed by atoms with Crippen LogP contribution in [-0.2, 0) is 5.41 Å². The van der Waals surface area contributed by atoms with Gasteiger partial charge in [-0.3, -0.25) is 0 Å². The maximum absolute atomic E-state index is 5.34. The molecule has 2 heteroatoms. The first-order valence-electron chi connectivity index (χ1n) is 6.39. The maximum atomic E-state index is 5.34. The summed E-state index contributed by atoms with van der Waals surface area (Å²) in [7, 11) is 3.95. The SMILES string of the molecule is COc1cccc([C@@]2(C)CCN(C)C[C@@H]2C)c1. The highest BCUT2D eigenvalue weighted by molar-refractivity contribution is 5.34. The third-order valence-corrected chi connectivity index (χ3v) is 4.42. The molecule has 1 aromatic rings. The molecule has 2 rings (SSSR count). The van der Waals surface area contributed by atoms with Crippen molar-refractivity contribution in [3.05, 3.63) is 29.8 Å². The number of methoxy groups -OCH3 is 1. The molecule has 1 aliphatic rings. The molecule has 0 aromatic heterocycles. The second-order valence-electron chi connectivity index (χ2n) is 5.56. The summed E-state index contributed by atoms with van der Waals surface area (Å²) in [5.74, 6) is 1.64. The van der Waals surface area contributed by atoms with Crippen LogP contribution in [0.3, 0.4) is 0 Å². The van der Waals surface area contributed by atoms with Crippen molar-refractivity contribution < 1.29 is 4.74 Å². The average molecular weight is 233 g/mol. The molecule has 0 unspecified atom stereocenters. The van der Waals surface area contributed by atoms with Crippen molar-refractivity contribution in [3.63, 3.8) is 0 Å². The van der Waals surface area contributed by atoms with E-state index >= 15 is 0 Å². The molecular weight excluding hydrogens is 210 g/mol. The van der Waals surface area contributed by atoms with E-state index in [1.807, 2.05) is 6.07 Å². The minimum atomic E-state index is 0.279. The molecular formula is C15H23NO. The first-order valence-corrected chi connectivity index (χ1v) is 6.39. The van der Waals surface area contributed by atoms with Crippen LogP contribution in [0.15, 0.2) is 24.3 Å². The van der Waals surface area contributed by atoms with Gasteiger partial charge in [0.05, 0.1) is 7.11 Å². The molecule has 0 N–H and O–H groups in total. The quantitative estimate of drug-likeness (QED) is 0.778. The largest absolute Gasteiger partial charge is 0.497 e. The van der Waals surface area contributed by atoms with Crippen LogP contribution in [0, 0.1) is 5.92 Å². The van der Waals surface area contributed by atoms with Gasteiger partial charge >= 0.3 is 0 Å². The molecule has 0 aliphatic carbocycles. The van der Waals surface area contributed by atoms with Crippen molar-refractivity contribution >= 4 is 0 Å². The van der Waals surface area contributed by atoms with Crippen molar-refractivity contribution in [3.8, 4) is 5.75 Å². The second kappa shape index (κ2) is 4.69. The van der Waals surface area contributed by atoms with Gasteiger partial charge in [0.25, 0.3) is 0 Å². The number of nitrogens with zero attached hydrogens (tertiary/aromatic N) is 1. The van der Waals surface area contributed by atoms with Crippen molar-refractivity contribution in [2.24, 2.45) is 5.92 Å². The summed E-state index contributed by atoms with van der Waals surface area (Å²) < 4.78 is 5.34. The Hall–Kier alpha value is -1.02. The van der Waals surface area contributed by atoms with Gasteiger partial charge in [0, 0.05) is 6.54 Å². The lowest BCUT2D eigenvalue weighted by Crippen LogP contribution is -2.45. The number of benzene rings is 1.